The predicted molar refractivity (Wildman–Crippen MR) is 88.7 cm³/mol. The number of aromatic nitrogens is 3. The highest BCUT2D eigenvalue weighted by atomic mass is 35.5. The van der Waals surface area contributed by atoms with E-state index < -0.39 is 11.4 Å². The Morgan fingerprint density at radius 3 is 2.92 bits per heavy atom. The average molecular weight is 356 g/mol. The fraction of sp³-hybridized carbons (Fsp3) is 0.625. The van der Waals surface area contributed by atoms with E-state index in [-0.39, 0.29) is 12.3 Å². The molecule has 3 unspecified atom stereocenters. The zero-order chi connectivity index (χ0) is 17.5. The van der Waals surface area contributed by atoms with Crippen LogP contribution in [0.5, 0.6) is 0 Å². The predicted octanol–water partition coefficient (Wildman–Crippen LogP) is 2.52. The first kappa shape index (κ1) is 17.6. The number of methoxy groups -OCH3 is 1. The molecule has 3 heterocycles. The van der Waals surface area contributed by atoms with Gasteiger partial charge in [-0.3, -0.25) is 0 Å². The Kier molecular flexibility index (Phi) is 4.57. The van der Waals surface area contributed by atoms with Gasteiger partial charge in [0.1, 0.15) is 35.1 Å². The van der Waals surface area contributed by atoms with Crippen molar-refractivity contribution < 1.29 is 19.3 Å². The molecule has 0 aromatic carbocycles. The monoisotopic (exact) mass is 355 g/mol. The largest absolute Gasteiger partial charge is 0.382 e. The first-order valence-electron chi connectivity index (χ1n) is 7.77. The number of hydrogen-bond donors (Lipinski definition) is 1. The maximum absolute atomic E-state index is 10.1. The Labute approximate surface area is 145 Å². The summed E-state index contributed by atoms with van der Waals surface area (Å²) < 4.78 is 19.2. The fourth-order valence-corrected chi connectivity index (χ4v) is 3.43. The van der Waals surface area contributed by atoms with Crippen molar-refractivity contribution in [2.75, 3.05) is 13.7 Å². The van der Waals surface area contributed by atoms with E-state index in [4.69, 9.17) is 25.8 Å². The molecule has 0 saturated carbocycles. The lowest BCUT2D eigenvalue weighted by Gasteiger charge is -2.35. The van der Waals surface area contributed by atoms with Gasteiger partial charge in [0.2, 0.25) is 0 Å². The molecule has 0 spiro atoms. The molecule has 24 heavy (non-hydrogen) atoms. The smallest absolute Gasteiger partial charge is 0.160 e. The third-order valence-electron chi connectivity index (χ3n) is 4.15. The minimum absolute atomic E-state index is 0.305. The molecule has 0 amide bonds. The molecule has 132 valence electrons. The van der Waals surface area contributed by atoms with Crippen LogP contribution in [0.25, 0.3) is 11.0 Å². The zero-order valence-corrected chi connectivity index (χ0v) is 14.9. The van der Waals surface area contributed by atoms with Crippen molar-refractivity contribution in [2.24, 2.45) is 0 Å². The van der Waals surface area contributed by atoms with Crippen molar-refractivity contribution in [1.82, 2.24) is 14.5 Å². The van der Waals surface area contributed by atoms with Gasteiger partial charge in [0.05, 0.1) is 12.0 Å². The number of fused-ring (bicyclic) bond motifs is 1. The van der Waals surface area contributed by atoms with E-state index in [2.05, 4.69) is 9.97 Å². The second kappa shape index (κ2) is 6.24. The average Bonchev–Trinajstić information content (AvgIpc) is 3.00. The molecular weight excluding hydrogens is 334 g/mol. The van der Waals surface area contributed by atoms with Gasteiger partial charge >= 0.3 is 0 Å². The number of nitrogens with zero attached hydrogens (tertiary/aromatic N) is 3. The fourth-order valence-electron chi connectivity index (χ4n) is 3.24. The lowest BCUT2D eigenvalue weighted by molar-refractivity contribution is -0.255. The summed E-state index contributed by atoms with van der Waals surface area (Å²) in [5.41, 5.74) is -0.00419. The van der Waals surface area contributed by atoms with E-state index in [9.17, 15) is 5.11 Å². The van der Waals surface area contributed by atoms with Gasteiger partial charge in [-0.05, 0) is 26.8 Å². The van der Waals surface area contributed by atoms with Crippen LogP contribution < -0.4 is 0 Å². The van der Waals surface area contributed by atoms with Crippen LogP contribution >= 0.6 is 11.6 Å². The molecule has 7 nitrogen and oxygen atoms in total. The van der Waals surface area contributed by atoms with E-state index in [0.717, 1.165) is 5.39 Å². The lowest BCUT2D eigenvalue weighted by atomic mass is 9.96. The highest BCUT2D eigenvalue weighted by molar-refractivity contribution is 6.33. The van der Waals surface area contributed by atoms with Crippen molar-refractivity contribution >= 4 is 22.6 Å². The van der Waals surface area contributed by atoms with E-state index in [1.165, 1.54) is 6.33 Å². The van der Waals surface area contributed by atoms with Crippen LogP contribution in [0.3, 0.4) is 0 Å². The molecule has 1 fully saturated rings. The number of aliphatic hydroxyl groups is 1. The summed E-state index contributed by atoms with van der Waals surface area (Å²) in [7, 11) is 1.61. The van der Waals surface area contributed by atoms with Crippen LogP contribution in [0, 0.1) is 0 Å². The zero-order valence-electron chi connectivity index (χ0n) is 14.2. The number of ether oxygens (including phenoxy) is 3. The van der Waals surface area contributed by atoms with Crippen LogP contribution in [0.1, 0.15) is 33.4 Å². The molecule has 0 radical (unpaired) electrons. The summed E-state index contributed by atoms with van der Waals surface area (Å²) in [5.74, 6) is -1.27. The molecule has 1 N–H and O–H groups in total. The van der Waals surface area contributed by atoms with Crippen molar-refractivity contribution in [1.29, 1.82) is 0 Å². The summed E-state index contributed by atoms with van der Waals surface area (Å²) in [4.78, 5) is 8.30. The van der Waals surface area contributed by atoms with Crippen LogP contribution in [-0.4, -0.2) is 50.9 Å². The molecule has 8 heteroatoms. The van der Waals surface area contributed by atoms with Gasteiger partial charge < -0.3 is 23.9 Å². The summed E-state index contributed by atoms with van der Waals surface area (Å²) in [5, 5.41) is 11.3. The molecule has 2 aromatic heterocycles. The molecule has 0 bridgehead atoms. The SMILES string of the molecule is COCC1OC(n2ccc3c(Cl)ncnc32)CC1(C)OC(C)(C)O. The Morgan fingerprint density at radius 2 is 2.25 bits per heavy atom. The molecule has 0 aliphatic carbocycles. The number of rotatable bonds is 5. The topological polar surface area (TPSA) is 78.6 Å². The highest BCUT2D eigenvalue weighted by Gasteiger charge is 2.49. The van der Waals surface area contributed by atoms with Crippen LogP contribution in [0.15, 0.2) is 18.6 Å². The maximum Gasteiger partial charge on any atom is 0.160 e. The minimum Gasteiger partial charge on any atom is -0.382 e. The number of hydrogen-bond acceptors (Lipinski definition) is 6. The van der Waals surface area contributed by atoms with Gasteiger partial charge in [-0.2, -0.15) is 0 Å². The van der Waals surface area contributed by atoms with Crippen molar-refractivity contribution in [3.8, 4) is 0 Å². The molecule has 3 atom stereocenters. The molecule has 1 aliphatic heterocycles. The van der Waals surface area contributed by atoms with Gasteiger partial charge in [-0.15, -0.1) is 0 Å². The van der Waals surface area contributed by atoms with E-state index in [1.807, 2.05) is 23.8 Å². The van der Waals surface area contributed by atoms with Crippen LogP contribution in [0.4, 0.5) is 0 Å². The Bertz CT molecular complexity index is 730. The number of halogens is 1. The molecule has 2 aromatic rings. The van der Waals surface area contributed by atoms with Gasteiger partial charge in [-0.1, -0.05) is 11.6 Å². The second-order valence-corrected chi connectivity index (χ2v) is 7.08. The van der Waals surface area contributed by atoms with Gasteiger partial charge in [0, 0.05) is 19.7 Å². The van der Waals surface area contributed by atoms with Crippen molar-refractivity contribution in [3.05, 3.63) is 23.7 Å². The maximum atomic E-state index is 10.1. The first-order valence-corrected chi connectivity index (χ1v) is 8.15. The van der Waals surface area contributed by atoms with E-state index >= 15 is 0 Å². The normalized spacial score (nSPS) is 27.9. The molecule has 1 aliphatic rings. The second-order valence-electron chi connectivity index (χ2n) is 6.73. The van der Waals surface area contributed by atoms with Gasteiger partial charge in [0.15, 0.2) is 5.79 Å². The standard InChI is InChI=1S/C16H22ClN3O4/c1-15(2,21)24-16(3)7-12(23-11(16)8-22-4)20-6-5-10-13(17)18-9-19-14(10)20/h5-6,9,11-12,21H,7-8H2,1-4H3. The first-order chi connectivity index (χ1) is 11.2. The van der Waals surface area contributed by atoms with Crippen LogP contribution in [0.2, 0.25) is 5.15 Å². The molecule has 1 saturated heterocycles. The van der Waals surface area contributed by atoms with E-state index in [1.54, 1.807) is 21.0 Å². The van der Waals surface area contributed by atoms with Crippen molar-refractivity contribution in [3.63, 3.8) is 0 Å². The third-order valence-corrected chi connectivity index (χ3v) is 4.46. The van der Waals surface area contributed by atoms with E-state index in [0.29, 0.717) is 23.8 Å². The lowest BCUT2D eigenvalue weighted by Crippen LogP contribution is -2.46. The summed E-state index contributed by atoms with van der Waals surface area (Å²) in [6.45, 7) is 5.49. The Hall–Kier alpha value is -1.25. The highest BCUT2D eigenvalue weighted by Crippen LogP contribution is 2.42. The third kappa shape index (κ3) is 3.27. The molecule has 3 rings (SSSR count). The summed E-state index contributed by atoms with van der Waals surface area (Å²) in [6, 6.07) is 1.86. The van der Waals surface area contributed by atoms with Gasteiger partial charge in [-0.25, -0.2) is 9.97 Å². The quantitative estimate of drug-likeness (QED) is 0.656. The summed E-state index contributed by atoms with van der Waals surface area (Å²) >= 11 is 6.12. The van der Waals surface area contributed by atoms with Crippen molar-refractivity contribution in [2.45, 2.75) is 50.9 Å². The minimum atomic E-state index is -1.27. The van der Waals surface area contributed by atoms with Crippen LogP contribution in [-0.2, 0) is 14.2 Å². The Morgan fingerprint density at radius 1 is 1.50 bits per heavy atom. The molecular formula is C16H22ClN3O4. The summed E-state index contributed by atoms with van der Waals surface area (Å²) in [6.07, 6.45) is 3.20. The Balaban J connectivity index is 1.93. The van der Waals surface area contributed by atoms with Gasteiger partial charge in [0.25, 0.3) is 0 Å².